The Bertz CT molecular complexity index is 1840. The molecule has 0 aliphatic carbocycles. The average molecular weight is 1640 g/mol. The van der Waals surface area contributed by atoms with Gasteiger partial charge in [0.15, 0.2) is 0 Å². The molecular formula is C38H50I6N6O14S2. The lowest BCUT2D eigenvalue weighted by molar-refractivity contribution is -0.116. The predicted molar refractivity (Wildman–Crippen MR) is 301 cm³/mol. The summed E-state index contributed by atoms with van der Waals surface area (Å²) in [6, 6.07) is 0. The van der Waals surface area contributed by atoms with Gasteiger partial charge in [0.05, 0.1) is 98.8 Å². The monoisotopic (exact) mass is 1640 g/mol. The van der Waals surface area contributed by atoms with Gasteiger partial charge in [-0.1, -0.05) is 21.6 Å². The topological polar surface area (TPSA) is 301 Å². The zero-order chi connectivity index (χ0) is 50.3. The quantitative estimate of drug-likeness (QED) is 0.0385. The van der Waals surface area contributed by atoms with E-state index in [1.807, 2.05) is 136 Å². The van der Waals surface area contributed by atoms with Gasteiger partial charge in [-0.2, -0.15) is 0 Å². The minimum atomic E-state index is -1.23. The fourth-order valence-electron chi connectivity index (χ4n) is 5.68. The Morgan fingerprint density at radius 2 is 0.652 bits per heavy atom. The van der Waals surface area contributed by atoms with E-state index in [1.54, 1.807) is 0 Å². The molecule has 0 saturated carbocycles. The van der Waals surface area contributed by atoms with Gasteiger partial charge in [-0.25, -0.2) is 0 Å². The number of hydrogen-bond donors (Lipinski definition) is 10. The lowest BCUT2D eigenvalue weighted by atomic mass is 10.1. The van der Waals surface area contributed by atoms with Crippen molar-refractivity contribution < 1.29 is 69.6 Å². The third-order valence-corrected chi connectivity index (χ3v) is 18.0. The van der Waals surface area contributed by atoms with E-state index in [9.17, 15) is 69.6 Å². The highest BCUT2D eigenvalue weighted by Crippen LogP contribution is 2.39. The van der Waals surface area contributed by atoms with Crippen LogP contribution < -0.4 is 10.6 Å². The summed E-state index contributed by atoms with van der Waals surface area (Å²) in [5, 5.41) is 83.1. The van der Waals surface area contributed by atoms with Gasteiger partial charge in [-0.15, -0.1) is 0 Å². The summed E-state index contributed by atoms with van der Waals surface area (Å²) in [5.74, 6) is -2.69. The number of halogens is 6. The van der Waals surface area contributed by atoms with Gasteiger partial charge >= 0.3 is 0 Å². The molecule has 0 spiro atoms. The standard InChI is InChI=1S/C38H50I6N6O14S2/c1-47(9-17(55)13-51)35(61)23-27(39)24(36(62)48(2)10-18(56)14-52)30(42)33(29(23)41)45-21(59)5-7-65-66-8-6-22(60)46-34-31(43)25(37(63)49(3)11-19(57)15-53)28(40)26(32(34)44)38(64)50(4)12-20(58)16-54/h17-20,51-58H,5-16H2,1-4H3,(H,45,59)(H,46,60). The highest BCUT2D eigenvalue weighted by molar-refractivity contribution is 14.1. The van der Waals surface area contributed by atoms with Crippen molar-refractivity contribution in [1.82, 2.24) is 19.6 Å². The maximum atomic E-state index is 13.8. The maximum Gasteiger partial charge on any atom is 0.255 e. The van der Waals surface area contributed by atoms with Crippen LogP contribution in [0, 0.1) is 21.4 Å². The van der Waals surface area contributed by atoms with Crippen molar-refractivity contribution in [2.75, 3.05) is 103 Å². The molecule has 10 N–H and O–H groups in total. The number of benzene rings is 2. The molecule has 370 valence electrons. The molecular weight excluding hydrogens is 1590 g/mol. The van der Waals surface area contributed by atoms with Gasteiger partial charge in [-0.3, -0.25) is 28.8 Å². The number of anilines is 2. The maximum absolute atomic E-state index is 13.8. The Labute approximate surface area is 471 Å². The third-order valence-electron chi connectivity index (χ3n) is 9.09. The Hall–Kier alpha value is 0.0200. The number of nitrogens with one attached hydrogen (secondary N) is 2. The first-order chi connectivity index (χ1) is 30.9. The molecule has 4 unspecified atom stereocenters. The molecule has 0 saturated heterocycles. The molecule has 6 amide bonds. The van der Waals surface area contributed by atoms with Crippen molar-refractivity contribution in [3.05, 3.63) is 43.7 Å². The van der Waals surface area contributed by atoms with Crippen LogP contribution in [0.3, 0.4) is 0 Å². The molecule has 0 radical (unpaired) electrons. The van der Waals surface area contributed by atoms with E-state index in [-0.39, 0.29) is 91.3 Å². The first-order valence-electron chi connectivity index (χ1n) is 19.3. The molecule has 0 heterocycles. The number of nitrogens with zero attached hydrogens (tertiary/aromatic N) is 4. The first kappa shape index (κ1) is 62.1. The second kappa shape index (κ2) is 30.1. The number of carbonyl (C=O) groups excluding carboxylic acids is 6. The Morgan fingerprint density at radius 1 is 0.439 bits per heavy atom. The number of carbonyl (C=O) groups is 6. The highest BCUT2D eigenvalue weighted by atomic mass is 127. The fourth-order valence-corrected chi connectivity index (χ4v) is 16.4. The van der Waals surface area contributed by atoms with Crippen molar-refractivity contribution in [3.63, 3.8) is 0 Å². The molecule has 0 aliphatic rings. The van der Waals surface area contributed by atoms with Gasteiger partial charge in [0.2, 0.25) is 11.8 Å². The summed E-state index contributed by atoms with van der Waals surface area (Å²) in [6.07, 6.45) is -4.95. The first-order valence-corrected chi connectivity index (χ1v) is 28.3. The van der Waals surface area contributed by atoms with E-state index in [4.69, 9.17) is 0 Å². The van der Waals surface area contributed by atoms with E-state index in [2.05, 4.69) is 10.6 Å². The average Bonchev–Trinajstić information content (AvgIpc) is 3.26. The van der Waals surface area contributed by atoms with Crippen LogP contribution in [0.5, 0.6) is 0 Å². The van der Waals surface area contributed by atoms with E-state index < -0.39 is 86.3 Å². The molecule has 2 aromatic rings. The minimum absolute atomic E-state index is 0.0139. The summed E-state index contributed by atoms with van der Waals surface area (Å²) >= 11 is 11.3. The van der Waals surface area contributed by atoms with E-state index in [1.165, 1.54) is 69.4 Å². The van der Waals surface area contributed by atoms with Crippen molar-refractivity contribution in [3.8, 4) is 0 Å². The fraction of sp³-hybridized carbons (Fsp3) is 0.526. The zero-order valence-electron chi connectivity index (χ0n) is 35.7. The largest absolute Gasteiger partial charge is 0.394 e. The van der Waals surface area contributed by atoms with Gasteiger partial charge in [0.1, 0.15) is 0 Å². The smallest absolute Gasteiger partial charge is 0.255 e. The highest BCUT2D eigenvalue weighted by Gasteiger charge is 2.34. The Balaban J connectivity index is 2.29. The molecule has 0 aromatic heterocycles. The van der Waals surface area contributed by atoms with Crippen LogP contribution in [0.4, 0.5) is 11.4 Å². The molecule has 0 fully saturated rings. The van der Waals surface area contributed by atoms with Crippen molar-refractivity contribution in [1.29, 1.82) is 0 Å². The van der Waals surface area contributed by atoms with Crippen LogP contribution in [0.15, 0.2) is 0 Å². The number of hydrogen-bond acceptors (Lipinski definition) is 16. The van der Waals surface area contributed by atoms with Crippen LogP contribution in [-0.4, -0.2) is 213 Å². The third kappa shape index (κ3) is 17.4. The summed E-state index contributed by atoms with van der Waals surface area (Å²) < 4.78 is 1.77. The van der Waals surface area contributed by atoms with Crippen molar-refractivity contribution in [2.45, 2.75) is 37.3 Å². The summed E-state index contributed by atoms with van der Waals surface area (Å²) in [6.45, 7) is -3.26. The van der Waals surface area contributed by atoms with Gasteiger partial charge < -0.3 is 71.1 Å². The number of amides is 6. The van der Waals surface area contributed by atoms with Crippen molar-refractivity contribution in [2.24, 2.45) is 0 Å². The van der Waals surface area contributed by atoms with Crippen molar-refractivity contribution >= 4 is 204 Å². The number of aliphatic hydroxyl groups excluding tert-OH is 8. The minimum Gasteiger partial charge on any atom is -0.394 e. The number of aliphatic hydroxyl groups is 8. The van der Waals surface area contributed by atoms with Crippen LogP contribution in [0.2, 0.25) is 0 Å². The van der Waals surface area contributed by atoms with E-state index in [0.717, 1.165) is 0 Å². The number of likely N-dealkylation sites (N-methyl/N-ethyl adjacent to an activating group) is 4. The van der Waals surface area contributed by atoms with Crippen LogP contribution >= 0.6 is 157 Å². The Kier molecular flexibility index (Phi) is 28.4. The molecule has 0 bridgehead atoms. The molecule has 28 heteroatoms. The Morgan fingerprint density at radius 3 is 0.848 bits per heavy atom. The van der Waals surface area contributed by atoms with E-state index >= 15 is 0 Å². The summed E-state index contributed by atoms with van der Waals surface area (Å²) in [7, 11) is 8.29. The lowest BCUT2D eigenvalue weighted by Crippen LogP contribution is -2.39. The van der Waals surface area contributed by atoms with Gasteiger partial charge in [-0.05, 0) is 136 Å². The van der Waals surface area contributed by atoms with Crippen LogP contribution in [0.25, 0.3) is 0 Å². The second-order valence-electron chi connectivity index (χ2n) is 14.5. The zero-order valence-corrected chi connectivity index (χ0v) is 50.3. The normalized spacial score (nSPS) is 13.1. The second-order valence-corrected chi connectivity index (χ2v) is 23.6. The van der Waals surface area contributed by atoms with E-state index in [0.29, 0.717) is 14.3 Å². The SMILES string of the molecule is CN(CC(O)CO)C(=O)c1c(I)c(NC(=O)CCSSCCC(=O)Nc2c(I)c(C(=O)N(C)CC(O)CO)c(I)c(C(=O)N(C)CC(O)CO)c2I)c(I)c(C(=O)N(C)CC(O)CO)c1I. The molecule has 20 nitrogen and oxygen atoms in total. The number of rotatable bonds is 25. The molecule has 0 aliphatic heterocycles. The molecule has 66 heavy (non-hydrogen) atoms. The van der Waals surface area contributed by atoms with Gasteiger partial charge in [0, 0.05) is 85.9 Å². The summed E-state index contributed by atoms with van der Waals surface area (Å²) in [5.41, 5.74) is 0.646. The van der Waals surface area contributed by atoms with Crippen LogP contribution in [0.1, 0.15) is 54.3 Å². The molecule has 2 aromatic carbocycles. The molecule has 2 rings (SSSR count). The van der Waals surface area contributed by atoms with Gasteiger partial charge in [0.25, 0.3) is 23.6 Å². The predicted octanol–water partition coefficient (Wildman–Crippen LogP) is 1.75. The summed E-state index contributed by atoms with van der Waals surface area (Å²) in [4.78, 5) is 86.5. The lowest BCUT2D eigenvalue weighted by Gasteiger charge is -2.26. The molecule has 4 atom stereocenters. The van der Waals surface area contributed by atoms with Crippen LogP contribution in [-0.2, 0) is 9.59 Å².